The van der Waals surface area contributed by atoms with Gasteiger partial charge in [-0.3, -0.25) is 14.5 Å². The Morgan fingerprint density at radius 1 is 1.44 bits per heavy atom. The number of ether oxygens (including phenoxy) is 1. The topological polar surface area (TPSA) is 83.0 Å². The Balaban J connectivity index is 1.72. The number of aromatic nitrogens is 3. The Morgan fingerprint density at radius 2 is 2.33 bits per heavy atom. The summed E-state index contributed by atoms with van der Waals surface area (Å²) < 4.78 is 6.54. The number of pyridine rings is 1. The molecule has 0 spiro atoms. The Labute approximate surface area is 104 Å². The van der Waals surface area contributed by atoms with E-state index in [2.05, 4.69) is 10.1 Å². The summed E-state index contributed by atoms with van der Waals surface area (Å²) in [7, 11) is 0. The van der Waals surface area contributed by atoms with Gasteiger partial charge < -0.3 is 10.5 Å². The molecule has 18 heavy (non-hydrogen) atoms. The second-order valence-corrected chi connectivity index (χ2v) is 3.77. The maximum absolute atomic E-state index is 11.5. The maximum Gasteiger partial charge on any atom is 0.327 e. The molecular formula is C12H14N4O2. The highest BCUT2D eigenvalue weighted by atomic mass is 16.5. The lowest BCUT2D eigenvalue weighted by Gasteiger charge is -2.04. The smallest absolute Gasteiger partial charge is 0.327 e. The fourth-order valence-electron chi connectivity index (χ4n) is 1.47. The molecule has 0 saturated heterocycles. The summed E-state index contributed by atoms with van der Waals surface area (Å²) in [6, 6.07) is 5.42. The lowest BCUT2D eigenvalue weighted by Crippen LogP contribution is -2.15. The summed E-state index contributed by atoms with van der Waals surface area (Å²) >= 11 is 0. The van der Waals surface area contributed by atoms with Crippen molar-refractivity contribution in [1.82, 2.24) is 14.8 Å². The summed E-state index contributed by atoms with van der Waals surface area (Å²) in [5.41, 5.74) is 6.48. The maximum atomic E-state index is 11.5. The largest absolute Gasteiger partial charge is 0.464 e. The van der Waals surface area contributed by atoms with E-state index < -0.39 is 0 Å². The molecular weight excluding hydrogens is 232 g/mol. The summed E-state index contributed by atoms with van der Waals surface area (Å²) in [4.78, 5) is 15.5. The molecule has 6 nitrogen and oxygen atoms in total. The third-order valence-electron chi connectivity index (χ3n) is 2.33. The minimum atomic E-state index is -0.331. The number of hydrogen-bond donors (Lipinski definition) is 1. The van der Waals surface area contributed by atoms with E-state index in [9.17, 15) is 4.79 Å². The predicted octanol–water partition coefficient (Wildman–Crippen LogP) is 0.646. The first-order chi connectivity index (χ1) is 8.74. The van der Waals surface area contributed by atoms with Crippen LogP contribution in [0.5, 0.6) is 0 Å². The number of carbonyl (C=O) groups excluding carboxylic acids is 1. The van der Waals surface area contributed by atoms with Crippen LogP contribution in [0.1, 0.15) is 5.56 Å². The van der Waals surface area contributed by atoms with Crippen LogP contribution in [-0.2, 0) is 22.5 Å². The van der Waals surface area contributed by atoms with Gasteiger partial charge in [0.25, 0.3) is 0 Å². The molecule has 94 valence electrons. The molecule has 2 heterocycles. The fourth-order valence-corrected chi connectivity index (χ4v) is 1.47. The molecule has 0 aliphatic heterocycles. The summed E-state index contributed by atoms with van der Waals surface area (Å²) in [6.07, 6.45) is 5.75. The van der Waals surface area contributed by atoms with Gasteiger partial charge in [0, 0.05) is 25.0 Å². The van der Waals surface area contributed by atoms with Crippen LogP contribution in [0.25, 0.3) is 0 Å². The van der Waals surface area contributed by atoms with E-state index in [1.807, 2.05) is 12.1 Å². The zero-order valence-electron chi connectivity index (χ0n) is 9.82. The van der Waals surface area contributed by atoms with Crippen molar-refractivity contribution in [2.24, 2.45) is 0 Å². The molecule has 0 bridgehead atoms. The van der Waals surface area contributed by atoms with Crippen LogP contribution in [-0.4, -0.2) is 27.3 Å². The zero-order valence-corrected chi connectivity index (χ0v) is 9.82. The third-order valence-corrected chi connectivity index (χ3v) is 2.33. The van der Waals surface area contributed by atoms with Gasteiger partial charge in [0.2, 0.25) is 0 Å². The normalized spacial score (nSPS) is 10.2. The van der Waals surface area contributed by atoms with Gasteiger partial charge >= 0.3 is 5.97 Å². The zero-order chi connectivity index (χ0) is 12.8. The molecule has 0 saturated carbocycles. The van der Waals surface area contributed by atoms with Crippen LogP contribution < -0.4 is 5.73 Å². The van der Waals surface area contributed by atoms with Gasteiger partial charge in [-0.2, -0.15) is 5.10 Å². The number of nitrogens with zero attached hydrogens (tertiary/aromatic N) is 3. The number of carbonyl (C=O) groups is 1. The highest BCUT2D eigenvalue weighted by Crippen LogP contribution is 1.99. The highest BCUT2D eigenvalue weighted by molar-refractivity contribution is 5.69. The summed E-state index contributed by atoms with van der Waals surface area (Å²) in [5.74, 6) is 0.0557. The Morgan fingerprint density at radius 3 is 3.00 bits per heavy atom. The fraction of sp³-hybridized carbons (Fsp3) is 0.250. The molecule has 0 amide bonds. The molecule has 2 aromatic heterocycles. The van der Waals surface area contributed by atoms with Gasteiger partial charge in [-0.1, -0.05) is 6.07 Å². The van der Waals surface area contributed by atoms with Crippen LogP contribution in [0.2, 0.25) is 0 Å². The van der Waals surface area contributed by atoms with Gasteiger partial charge in [0.1, 0.15) is 12.4 Å². The van der Waals surface area contributed by atoms with E-state index in [0.717, 1.165) is 5.56 Å². The molecule has 0 aliphatic rings. The van der Waals surface area contributed by atoms with Crippen LogP contribution in [0, 0.1) is 0 Å². The Bertz CT molecular complexity index is 510. The van der Waals surface area contributed by atoms with Crippen molar-refractivity contribution < 1.29 is 9.53 Å². The number of anilines is 1. The van der Waals surface area contributed by atoms with Crippen molar-refractivity contribution in [3.05, 3.63) is 42.4 Å². The second kappa shape index (κ2) is 5.81. The van der Waals surface area contributed by atoms with Crippen molar-refractivity contribution in [2.75, 3.05) is 12.3 Å². The SMILES string of the molecule is Nc1ccn(CC(=O)OCCc2cccnc2)n1. The van der Waals surface area contributed by atoms with E-state index >= 15 is 0 Å². The van der Waals surface area contributed by atoms with Crippen molar-refractivity contribution in [3.63, 3.8) is 0 Å². The van der Waals surface area contributed by atoms with E-state index in [4.69, 9.17) is 10.5 Å². The first kappa shape index (κ1) is 12.1. The van der Waals surface area contributed by atoms with Gasteiger partial charge in [0.05, 0.1) is 6.61 Å². The van der Waals surface area contributed by atoms with E-state index in [1.165, 1.54) is 4.68 Å². The first-order valence-electron chi connectivity index (χ1n) is 5.57. The van der Waals surface area contributed by atoms with E-state index in [1.54, 1.807) is 24.7 Å². The Hall–Kier alpha value is -2.37. The molecule has 2 aromatic rings. The van der Waals surface area contributed by atoms with Crippen molar-refractivity contribution in [3.8, 4) is 0 Å². The number of nitrogen functional groups attached to an aromatic ring is 1. The lowest BCUT2D eigenvalue weighted by atomic mass is 10.2. The van der Waals surface area contributed by atoms with Gasteiger partial charge in [-0.05, 0) is 17.7 Å². The molecule has 2 rings (SSSR count). The van der Waals surface area contributed by atoms with Gasteiger partial charge in [-0.15, -0.1) is 0 Å². The molecule has 6 heteroatoms. The summed E-state index contributed by atoms with van der Waals surface area (Å²) in [6.45, 7) is 0.408. The first-order valence-corrected chi connectivity index (χ1v) is 5.57. The van der Waals surface area contributed by atoms with Crippen molar-refractivity contribution in [2.45, 2.75) is 13.0 Å². The van der Waals surface area contributed by atoms with Crippen molar-refractivity contribution >= 4 is 11.8 Å². The van der Waals surface area contributed by atoms with Gasteiger partial charge in [-0.25, -0.2) is 0 Å². The molecule has 0 fully saturated rings. The van der Waals surface area contributed by atoms with Crippen LogP contribution in [0.15, 0.2) is 36.8 Å². The quantitative estimate of drug-likeness (QED) is 0.783. The number of hydrogen-bond acceptors (Lipinski definition) is 5. The number of rotatable bonds is 5. The average Bonchev–Trinajstić information content (AvgIpc) is 2.76. The lowest BCUT2D eigenvalue weighted by molar-refractivity contribution is -0.144. The standard InChI is InChI=1S/C12H14N4O2/c13-11-3-6-16(15-11)9-12(17)18-7-4-10-2-1-5-14-8-10/h1-3,5-6,8H,4,7,9H2,(H2,13,15). The third kappa shape index (κ3) is 3.58. The second-order valence-electron chi connectivity index (χ2n) is 3.77. The van der Waals surface area contributed by atoms with Crippen LogP contribution in [0.3, 0.4) is 0 Å². The summed E-state index contributed by atoms with van der Waals surface area (Å²) in [5, 5.41) is 3.90. The monoisotopic (exact) mass is 246 g/mol. The van der Waals surface area contributed by atoms with Crippen LogP contribution >= 0.6 is 0 Å². The number of nitrogens with two attached hydrogens (primary N) is 1. The van der Waals surface area contributed by atoms with Gasteiger partial charge in [0.15, 0.2) is 0 Å². The van der Waals surface area contributed by atoms with Crippen LogP contribution in [0.4, 0.5) is 5.82 Å². The molecule has 2 N–H and O–H groups in total. The average molecular weight is 246 g/mol. The molecule has 0 aliphatic carbocycles. The molecule has 0 aromatic carbocycles. The molecule has 0 unspecified atom stereocenters. The predicted molar refractivity (Wildman–Crippen MR) is 65.5 cm³/mol. The Kier molecular flexibility index (Phi) is 3.90. The highest BCUT2D eigenvalue weighted by Gasteiger charge is 2.05. The van der Waals surface area contributed by atoms with E-state index in [0.29, 0.717) is 18.8 Å². The van der Waals surface area contributed by atoms with Crippen molar-refractivity contribution in [1.29, 1.82) is 0 Å². The minimum absolute atomic E-state index is 0.0737. The minimum Gasteiger partial charge on any atom is -0.464 e. The number of esters is 1. The molecule has 0 radical (unpaired) electrons. The molecule has 0 atom stereocenters. The van der Waals surface area contributed by atoms with E-state index in [-0.39, 0.29) is 12.5 Å².